The lowest BCUT2D eigenvalue weighted by atomic mass is 10.1. The molecular formula is C18H15ClF3N3O. The lowest BCUT2D eigenvalue weighted by Gasteiger charge is -2.37. The van der Waals surface area contributed by atoms with Gasteiger partial charge >= 0.3 is 6.30 Å². The zero-order valence-electron chi connectivity index (χ0n) is 13.6. The summed E-state index contributed by atoms with van der Waals surface area (Å²) in [6.07, 6.45) is -4.31. The van der Waals surface area contributed by atoms with Crippen molar-refractivity contribution in [2.24, 2.45) is 4.99 Å². The predicted octanol–water partition coefficient (Wildman–Crippen LogP) is 4.66. The SMILES string of the molecule is FC(F)(F)N1CCN(C2=Nc3ccccc3Oc3ccc(Cl)cc32)CC1. The summed E-state index contributed by atoms with van der Waals surface area (Å²) in [4.78, 5) is 7.06. The van der Waals surface area contributed by atoms with Crippen molar-refractivity contribution in [3.05, 3.63) is 53.1 Å². The van der Waals surface area contributed by atoms with Gasteiger partial charge in [0.2, 0.25) is 0 Å². The van der Waals surface area contributed by atoms with Gasteiger partial charge in [0.1, 0.15) is 17.3 Å². The number of rotatable bonds is 0. The van der Waals surface area contributed by atoms with Gasteiger partial charge in [0.25, 0.3) is 0 Å². The van der Waals surface area contributed by atoms with Crippen LogP contribution in [-0.2, 0) is 0 Å². The van der Waals surface area contributed by atoms with Gasteiger partial charge < -0.3 is 9.64 Å². The lowest BCUT2D eigenvalue weighted by molar-refractivity contribution is -0.250. The average molecular weight is 382 g/mol. The molecule has 4 rings (SSSR count). The van der Waals surface area contributed by atoms with E-state index < -0.39 is 6.30 Å². The summed E-state index contributed by atoms with van der Waals surface area (Å²) in [6.45, 7) is 0.209. The van der Waals surface area contributed by atoms with Crippen LogP contribution in [0.4, 0.5) is 18.9 Å². The highest BCUT2D eigenvalue weighted by Crippen LogP contribution is 2.39. The van der Waals surface area contributed by atoms with Crippen LogP contribution in [0.15, 0.2) is 47.5 Å². The van der Waals surface area contributed by atoms with Crippen molar-refractivity contribution in [3.63, 3.8) is 0 Å². The van der Waals surface area contributed by atoms with Crippen molar-refractivity contribution in [1.82, 2.24) is 9.80 Å². The third-order valence-corrected chi connectivity index (χ3v) is 4.67. The summed E-state index contributed by atoms with van der Waals surface area (Å²) in [6, 6.07) is 12.5. The quantitative estimate of drug-likeness (QED) is 0.621. The first-order valence-electron chi connectivity index (χ1n) is 8.14. The molecule has 0 unspecified atom stereocenters. The molecule has 26 heavy (non-hydrogen) atoms. The van der Waals surface area contributed by atoms with Crippen molar-refractivity contribution in [3.8, 4) is 11.5 Å². The van der Waals surface area contributed by atoms with E-state index in [1.807, 2.05) is 29.2 Å². The van der Waals surface area contributed by atoms with Crippen LogP contribution in [0.2, 0.25) is 5.02 Å². The second kappa shape index (κ2) is 6.48. The number of amidine groups is 1. The van der Waals surface area contributed by atoms with Crippen molar-refractivity contribution in [1.29, 1.82) is 0 Å². The number of fused-ring (bicyclic) bond motifs is 2. The van der Waals surface area contributed by atoms with E-state index in [1.54, 1.807) is 18.2 Å². The number of para-hydroxylation sites is 2. The van der Waals surface area contributed by atoms with Crippen LogP contribution in [0.5, 0.6) is 11.5 Å². The van der Waals surface area contributed by atoms with E-state index in [0.29, 0.717) is 38.5 Å². The Hall–Kier alpha value is -2.25. The molecule has 0 spiro atoms. The first kappa shape index (κ1) is 17.2. The number of hydrogen-bond donors (Lipinski definition) is 0. The van der Waals surface area contributed by atoms with Gasteiger partial charge in [-0.05, 0) is 30.3 Å². The molecule has 0 aliphatic carbocycles. The van der Waals surface area contributed by atoms with E-state index in [1.165, 1.54) is 0 Å². The zero-order chi connectivity index (χ0) is 18.3. The monoisotopic (exact) mass is 381 g/mol. The minimum absolute atomic E-state index is 0.110. The number of halogens is 4. The van der Waals surface area contributed by atoms with Crippen LogP contribution < -0.4 is 4.74 Å². The molecule has 0 radical (unpaired) electrons. The fourth-order valence-electron chi connectivity index (χ4n) is 3.11. The summed E-state index contributed by atoms with van der Waals surface area (Å²) >= 11 is 6.14. The van der Waals surface area contributed by atoms with Crippen LogP contribution >= 0.6 is 11.6 Å². The van der Waals surface area contributed by atoms with Gasteiger partial charge in [0.05, 0.1) is 5.56 Å². The Kier molecular flexibility index (Phi) is 4.28. The molecule has 1 fully saturated rings. The molecule has 8 heteroatoms. The van der Waals surface area contributed by atoms with Crippen LogP contribution in [0.25, 0.3) is 0 Å². The number of ether oxygens (including phenoxy) is 1. The van der Waals surface area contributed by atoms with E-state index in [9.17, 15) is 13.2 Å². The molecule has 0 amide bonds. The molecule has 0 saturated carbocycles. The molecule has 1 saturated heterocycles. The van der Waals surface area contributed by atoms with Gasteiger partial charge in [-0.2, -0.15) is 13.2 Å². The molecular weight excluding hydrogens is 367 g/mol. The molecule has 0 N–H and O–H groups in total. The molecule has 4 nitrogen and oxygen atoms in total. The Morgan fingerprint density at radius 2 is 1.69 bits per heavy atom. The fourth-order valence-corrected chi connectivity index (χ4v) is 3.28. The highest BCUT2D eigenvalue weighted by Gasteiger charge is 2.39. The van der Waals surface area contributed by atoms with Crippen LogP contribution in [0.3, 0.4) is 0 Å². The molecule has 2 aliphatic rings. The maximum Gasteiger partial charge on any atom is 0.460 e. The molecule has 0 bridgehead atoms. The standard InChI is InChI=1S/C18H15ClF3N3O/c19-12-5-6-15-13(11-12)17(23-14-3-1-2-4-16(14)26-15)24-7-9-25(10-8-24)18(20,21)22/h1-6,11H,7-10H2. The number of piperazine rings is 1. The lowest BCUT2D eigenvalue weighted by Crippen LogP contribution is -2.53. The molecule has 2 heterocycles. The number of benzene rings is 2. The second-order valence-electron chi connectivity index (χ2n) is 6.09. The maximum absolute atomic E-state index is 12.9. The van der Waals surface area contributed by atoms with Crippen LogP contribution in [0.1, 0.15) is 5.56 Å². The fraction of sp³-hybridized carbons (Fsp3) is 0.278. The third-order valence-electron chi connectivity index (χ3n) is 4.43. The Balaban J connectivity index is 1.72. The van der Waals surface area contributed by atoms with Crippen LogP contribution in [0, 0.1) is 0 Å². The van der Waals surface area contributed by atoms with E-state index in [-0.39, 0.29) is 26.2 Å². The zero-order valence-corrected chi connectivity index (χ0v) is 14.4. The predicted molar refractivity (Wildman–Crippen MR) is 93.4 cm³/mol. The highest BCUT2D eigenvalue weighted by atomic mass is 35.5. The van der Waals surface area contributed by atoms with E-state index >= 15 is 0 Å². The molecule has 2 aromatic rings. The minimum Gasteiger partial charge on any atom is -0.454 e. The largest absolute Gasteiger partial charge is 0.460 e. The smallest absolute Gasteiger partial charge is 0.454 e. The molecule has 2 aliphatic heterocycles. The van der Waals surface area contributed by atoms with E-state index in [2.05, 4.69) is 0 Å². The van der Waals surface area contributed by atoms with Crippen molar-refractivity contribution in [2.45, 2.75) is 6.30 Å². The van der Waals surface area contributed by atoms with E-state index in [0.717, 1.165) is 0 Å². The average Bonchev–Trinajstić information content (AvgIpc) is 2.77. The number of hydrogen-bond acceptors (Lipinski definition) is 4. The normalized spacial score (nSPS) is 17.7. The molecule has 2 aromatic carbocycles. The summed E-state index contributed by atoms with van der Waals surface area (Å²) in [5.41, 5.74) is 1.31. The van der Waals surface area contributed by atoms with Crippen molar-refractivity contribution >= 4 is 23.1 Å². The van der Waals surface area contributed by atoms with Gasteiger partial charge in [0, 0.05) is 31.2 Å². The summed E-state index contributed by atoms with van der Waals surface area (Å²) in [5, 5.41) is 0.514. The van der Waals surface area contributed by atoms with Gasteiger partial charge in [-0.25, -0.2) is 9.89 Å². The molecule has 0 atom stereocenters. The molecule has 136 valence electrons. The number of nitrogens with zero attached hydrogens (tertiary/aromatic N) is 3. The second-order valence-corrected chi connectivity index (χ2v) is 6.52. The highest BCUT2D eigenvalue weighted by molar-refractivity contribution is 6.31. The maximum atomic E-state index is 12.9. The topological polar surface area (TPSA) is 28.1 Å². The molecule has 0 aromatic heterocycles. The number of alkyl halides is 3. The number of aliphatic imine (C=N–C) groups is 1. The summed E-state index contributed by atoms with van der Waals surface area (Å²) in [5.74, 6) is 1.76. The Bertz CT molecular complexity index is 861. The Morgan fingerprint density at radius 1 is 0.962 bits per heavy atom. The van der Waals surface area contributed by atoms with Crippen molar-refractivity contribution < 1.29 is 17.9 Å². The first-order valence-corrected chi connectivity index (χ1v) is 8.52. The van der Waals surface area contributed by atoms with Gasteiger partial charge in [-0.1, -0.05) is 23.7 Å². The third kappa shape index (κ3) is 3.24. The van der Waals surface area contributed by atoms with Gasteiger partial charge in [-0.15, -0.1) is 0 Å². The van der Waals surface area contributed by atoms with Gasteiger partial charge in [0.15, 0.2) is 5.75 Å². The Labute approximate surface area is 153 Å². The van der Waals surface area contributed by atoms with Crippen molar-refractivity contribution in [2.75, 3.05) is 26.2 Å². The van der Waals surface area contributed by atoms with E-state index in [4.69, 9.17) is 21.3 Å². The summed E-state index contributed by atoms with van der Waals surface area (Å²) in [7, 11) is 0. The summed E-state index contributed by atoms with van der Waals surface area (Å²) < 4.78 is 44.7. The Morgan fingerprint density at radius 3 is 2.42 bits per heavy atom. The first-order chi connectivity index (χ1) is 12.4. The minimum atomic E-state index is -4.31. The van der Waals surface area contributed by atoms with Gasteiger partial charge in [-0.3, -0.25) is 0 Å². The van der Waals surface area contributed by atoms with Crippen LogP contribution in [-0.4, -0.2) is 48.1 Å².